The molecule has 5 aromatic rings. The number of hydrogen-bond acceptors (Lipinski definition) is 6. The summed E-state index contributed by atoms with van der Waals surface area (Å²) in [5, 5.41) is 0.661. The van der Waals surface area contributed by atoms with Gasteiger partial charge in [0.25, 0.3) is 0 Å². The molecule has 2 N–H and O–H groups in total. The van der Waals surface area contributed by atoms with Gasteiger partial charge >= 0.3 is 0 Å². The molecule has 0 bridgehead atoms. The molecule has 0 aliphatic rings. The van der Waals surface area contributed by atoms with Gasteiger partial charge in [-0.05, 0) is 30.7 Å². The van der Waals surface area contributed by atoms with Gasteiger partial charge in [0.2, 0.25) is 0 Å². The molecule has 0 radical (unpaired) electrons. The fourth-order valence-electron chi connectivity index (χ4n) is 5.15. The topological polar surface area (TPSA) is 89.4 Å². The molecule has 0 fully saturated rings. The minimum Gasteiger partial charge on any atom is -0.497 e. The molecule has 3 heterocycles. The molecule has 0 amide bonds. The van der Waals surface area contributed by atoms with Crippen LogP contribution in [0, 0.1) is 6.92 Å². The number of benzene rings is 2. The number of nitrogens with two attached hydrogens (primary N) is 1. The molecule has 10 heteroatoms. The Bertz CT molecular complexity index is 1760. The average Bonchev–Trinajstić information content (AvgIpc) is 3.64. The van der Waals surface area contributed by atoms with Crippen molar-refractivity contribution < 1.29 is 14.2 Å². The van der Waals surface area contributed by atoms with Gasteiger partial charge in [0.05, 0.1) is 25.6 Å². The van der Waals surface area contributed by atoms with E-state index in [0.29, 0.717) is 24.0 Å². The van der Waals surface area contributed by atoms with Crippen molar-refractivity contribution in [3.63, 3.8) is 0 Å². The molecule has 0 aliphatic carbocycles. The summed E-state index contributed by atoms with van der Waals surface area (Å²) in [5.41, 5.74) is 13.0. The van der Waals surface area contributed by atoms with Gasteiger partial charge in [-0.2, -0.15) is 0 Å². The summed E-state index contributed by atoms with van der Waals surface area (Å²) in [6.07, 6.45) is 8.47. The Balaban J connectivity index is 1.56. The van der Waals surface area contributed by atoms with Gasteiger partial charge in [-0.3, -0.25) is 0 Å². The Morgan fingerprint density at radius 3 is 2.45 bits per heavy atom. The van der Waals surface area contributed by atoms with Gasteiger partial charge in [0.1, 0.15) is 29.9 Å². The summed E-state index contributed by atoms with van der Waals surface area (Å²) in [5.74, 6) is 2.70. The summed E-state index contributed by atoms with van der Waals surface area (Å²) in [7, 11) is 2.10. The SMILES string of the molecule is COc1ccc(Cc2nc(N)cc(-n3cc(-c4ccccc4Cl)c(-c4nccn4COCC[Si](C)(C)C)c3)c2C)c(OC)c1. The Kier molecular flexibility index (Phi) is 9.48. The second-order valence-electron chi connectivity index (χ2n) is 12.0. The number of anilines is 1. The van der Waals surface area contributed by atoms with E-state index in [-0.39, 0.29) is 0 Å². The van der Waals surface area contributed by atoms with Crippen molar-refractivity contribution >= 4 is 25.5 Å². The molecule has 8 nitrogen and oxygen atoms in total. The van der Waals surface area contributed by atoms with E-state index in [1.807, 2.05) is 59.3 Å². The number of imidazole rings is 1. The summed E-state index contributed by atoms with van der Waals surface area (Å²) in [4.78, 5) is 9.48. The number of hydrogen-bond donors (Lipinski definition) is 1. The lowest BCUT2D eigenvalue weighted by Gasteiger charge is -2.16. The van der Waals surface area contributed by atoms with Crippen LogP contribution in [0.3, 0.4) is 0 Å². The van der Waals surface area contributed by atoms with E-state index >= 15 is 0 Å². The van der Waals surface area contributed by atoms with E-state index in [1.165, 1.54) is 0 Å². The van der Waals surface area contributed by atoms with Crippen LogP contribution in [-0.2, 0) is 17.9 Å². The highest BCUT2D eigenvalue weighted by atomic mass is 35.5. The fraction of sp³-hybridized carbons (Fsp3) is 0.294. The van der Waals surface area contributed by atoms with Crippen LogP contribution < -0.4 is 15.2 Å². The van der Waals surface area contributed by atoms with Crippen LogP contribution in [0.1, 0.15) is 16.8 Å². The predicted molar refractivity (Wildman–Crippen MR) is 181 cm³/mol. The van der Waals surface area contributed by atoms with Crippen LogP contribution in [0.4, 0.5) is 5.82 Å². The minimum absolute atomic E-state index is 0.419. The molecule has 0 unspecified atom stereocenters. The molecule has 3 aromatic heterocycles. The molecule has 230 valence electrons. The van der Waals surface area contributed by atoms with Crippen molar-refractivity contribution in [1.29, 1.82) is 0 Å². The first-order chi connectivity index (χ1) is 21.1. The average molecular weight is 630 g/mol. The summed E-state index contributed by atoms with van der Waals surface area (Å²) < 4.78 is 21.3. The smallest absolute Gasteiger partial charge is 0.143 e. The first kappa shape index (κ1) is 31.4. The molecule has 0 aliphatic heterocycles. The number of nitrogens with zero attached hydrogens (tertiary/aromatic N) is 4. The number of aromatic nitrogens is 4. The maximum Gasteiger partial charge on any atom is 0.143 e. The van der Waals surface area contributed by atoms with E-state index < -0.39 is 8.07 Å². The molecule has 2 aromatic carbocycles. The highest BCUT2D eigenvalue weighted by Crippen LogP contribution is 2.38. The van der Waals surface area contributed by atoms with Crippen LogP contribution in [0.15, 0.2) is 73.3 Å². The summed E-state index contributed by atoms with van der Waals surface area (Å²) in [6.45, 7) is 10.3. The Hall–Kier alpha value is -4.05. The van der Waals surface area contributed by atoms with Crippen molar-refractivity contribution in [3.05, 3.63) is 95.2 Å². The lowest BCUT2D eigenvalue weighted by atomic mass is 10.0. The van der Waals surface area contributed by atoms with Gasteiger partial charge in [0, 0.05) is 85.3 Å². The number of ether oxygens (including phenoxy) is 3. The second kappa shape index (κ2) is 13.3. The van der Waals surface area contributed by atoms with E-state index in [9.17, 15) is 0 Å². The Morgan fingerprint density at radius 1 is 0.955 bits per heavy atom. The second-order valence-corrected chi connectivity index (χ2v) is 18.1. The summed E-state index contributed by atoms with van der Waals surface area (Å²) >= 11 is 6.75. The molecular formula is C34H40ClN5O3Si. The number of methoxy groups -OCH3 is 2. The standard InChI is InChI=1S/C34H40ClN5O3Si/c1-23-30(17-24-11-12-25(41-2)18-32(24)42-3)38-33(36)19-31(23)40-20-27(26-9-7-8-10-29(26)35)28(21-40)34-37-13-14-39(34)22-43-15-16-44(4,5)6/h7-14,18-21H,15-17,22H2,1-6H3,(H2,36,38). The third-order valence-electron chi connectivity index (χ3n) is 7.67. The number of halogens is 1. The third-order valence-corrected chi connectivity index (χ3v) is 9.70. The van der Waals surface area contributed by atoms with Crippen LogP contribution in [0.25, 0.3) is 28.2 Å². The van der Waals surface area contributed by atoms with E-state index in [1.54, 1.807) is 20.4 Å². The Labute approximate surface area is 265 Å². The maximum atomic E-state index is 6.75. The zero-order valence-electron chi connectivity index (χ0n) is 26.2. The first-order valence-electron chi connectivity index (χ1n) is 14.6. The lowest BCUT2D eigenvalue weighted by molar-refractivity contribution is 0.0883. The van der Waals surface area contributed by atoms with E-state index in [0.717, 1.165) is 69.2 Å². The van der Waals surface area contributed by atoms with Gasteiger partial charge in [-0.15, -0.1) is 0 Å². The quantitative estimate of drug-likeness (QED) is 0.112. The van der Waals surface area contributed by atoms with E-state index in [4.69, 9.17) is 41.5 Å². The van der Waals surface area contributed by atoms with Crippen molar-refractivity contribution in [3.8, 4) is 39.7 Å². The zero-order chi connectivity index (χ0) is 31.4. The van der Waals surface area contributed by atoms with Gasteiger partial charge in [-0.25, -0.2) is 9.97 Å². The minimum atomic E-state index is -1.20. The molecule has 5 rings (SSSR count). The molecule has 0 spiro atoms. The van der Waals surface area contributed by atoms with Crippen LogP contribution in [0.5, 0.6) is 11.5 Å². The van der Waals surface area contributed by atoms with Crippen molar-refractivity contribution in [1.82, 2.24) is 19.1 Å². The third kappa shape index (κ3) is 7.01. The summed E-state index contributed by atoms with van der Waals surface area (Å²) in [6, 6.07) is 16.7. The lowest BCUT2D eigenvalue weighted by Crippen LogP contribution is -2.22. The van der Waals surface area contributed by atoms with E-state index in [2.05, 4.69) is 43.5 Å². The molecular weight excluding hydrogens is 590 g/mol. The van der Waals surface area contributed by atoms with Gasteiger partial charge < -0.3 is 29.1 Å². The molecule has 0 atom stereocenters. The number of rotatable bonds is 12. The number of pyridine rings is 1. The fourth-order valence-corrected chi connectivity index (χ4v) is 6.15. The maximum absolute atomic E-state index is 6.75. The first-order valence-corrected chi connectivity index (χ1v) is 18.7. The highest BCUT2D eigenvalue weighted by molar-refractivity contribution is 6.76. The van der Waals surface area contributed by atoms with Crippen molar-refractivity contribution in [2.24, 2.45) is 0 Å². The molecule has 0 saturated heterocycles. The van der Waals surface area contributed by atoms with Crippen molar-refractivity contribution in [2.45, 2.75) is 45.8 Å². The van der Waals surface area contributed by atoms with Crippen molar-refractivity contribution in [2.75, 3.05) is 26.6 Å². The molecule has 0 saturated carbocycles. The predicted octanol–water partition coefficient (Wildman–Crippen LogP) is 7.87. The van der Waals surface area contributed by atoms with Crippen LogP contribution >= 0.6 is 11.6 Å². The largest absolute Gasteiger partial charge is 0.497 e. The highest BCUT2D eigenvalue weighted by Gasteiger charge is 2.21. The zero-order valence-corrected chi connectivity index (χ0v) is 28.0. The Morgan fingerprint density at radius 2 is 1.73 bits per heavy atom. The normalized spacial score (nSPS) is 11.6. The van der Waals surface area contributed by atoms with Gasteiger partial charge in [0.15, 0.2) is 0 Å². The van der Waals surface area contributed by atoms with Crippen LogP contribution in [0.2, 0.25) is 30.7 Å². The van der Waals surface area contributed by atoms with Crippen LogP contribution in [-0.4, -0.2) is 48.0 Å². The van der Waals surface area contributed by atoms with Gasteiger partial charge in [-0.1, -0.05) is 55.5 Å². The molecule has 44 heavy (non-hydrogen) atoms. The monoisotopic (exact) mass is 629 g/mol. The number of nitrogen functional groups attached to an aromatic ring is 1.